The predicted molar refractivity (Wildman–Crippen MR) is 81.2 cm³/mol. The molecule has 0 radical (unpaired) electrons. The van der Waals surface area contributed by atoms with E-state index in [2.05, 4.69) is 4.90 Å². The van der Waals surface area contributed by atoms with Gasteiger partial charge in [0.2, 0.25) is 5.91 Å². The minimum atomic E-state index is 0.243. The van der Waals surface area contributed by atoms with Gasteiger partial charge in [-0.2, -0.15) is 0 Å². The molecule has 0 spiro atoms. The average Bonchev–Trinajstić information content (AvgIpc) is 2.49. The van der Waals surface area contributed by atoms with Crippen LogP contribution in [-0.4, -0.2) is 23.9 Å². The van der Waals surface area contributed by atoms with Crippen LogP contribution in [0.1, 0.15) is 37.7 Å². The first kappa shape index (κ1) is 13.5. The van der Waals surface area contributed by atoms with Crippen LogP contribution in [-0.2, 0) is 11.2 Å². The highest BCUT2D eigenvalue weighted by Crippen LogP contribution is 2.36. The van der Waals surface area contributed by atoms with Crippen molar-refractivity contribution in [3.63, 3.8) is 0 Å². The summed E-state index contributed by atoms with van der Waals surface area (Å²) >= 11 is 0. The Morgan fingerprint density at radius 3 is 2.70 bits per heavy atom. The molecule has 3 heteroatoms. The van der Waals surface area contributed by atoms with Crippen molar-refractivity contribution < 1.29 is 4.79 Å². The normalized spacial score (nSPS) is 26.1. The van der Waals surface area contributed by atoms with E-state index in [1.54, 1.807) is 0 Å². The zero-order valence-corrected chi connectivity index (χ0v) is 12.1. The van der Waals surface area contributed by atoms with E-state index >= 15 is 0 Å². The van der Waals surface area contributed by atoms with Crippen LogP contribution >= 0.6 is 0 Å². The third-order valence-electron chi connectivity index (χ3n) is 5.04. The minimum Gasteiger partial charge on any atom is -0.398 e. The highest BCUT2D eigenvalue weighted by atomic mass is 16.2. The van der Waals surface area contributed by atoms with Crippen LogP contribution < -0.4 is 5.73 Å². The number of carbonyl (C=O) groups excluding carboxylic acids is 1. The van der Waals surface area contributed by atoms with Gasteiger partial charge in [-0.3, -0.25) is 4.79 Å². The molecule has 1 heterocycles. The molecule has 3 rings (SSSR count). The molecule has 1 saturated heterocycles. The van der Waals surface area contributed by atoms with Gasteiger partial charge in [-0.25, -0.2) is 0 Å². The summed E-state index contributed by atoms with van der Waals surface area (Å²) in [6.07, 6.45) is 7.05. The molecule has 0 aromatic heterocycles. The third-order valence-corrected chi connectivity index (χ3v) is 5.04. The SMILES string of the molecule is Nc1ccccc1CC(=O)N1CCC2CCCCC2C1. The number of piperidine rings is 1. The number of nitrogen functional groups attached to an aromatic ring is 1. The molecule has 2 atom stereocenters. The van der Waals surface area contributed by atoms with Crippen molar-refractivity contribution in [2.45, 2.75) is 38.5 Å². The number of anilines is 1. The van der Waals surface area contributed by atoms with E-state index in [4.69, 9.17) is 5.73 Å². The van der Waals surface area contributed by atoms with E-state index in [0.29, 0.717) is 6.42 Å². The van der Waals surface area contributed by atoms with E-state index in [9.17, 15) is 4.79 Å². The number of rotatable bonds is 2. The van der Waals surface area contributed by atoms with Crippen LogP contribution in [0.15, 0.2) is 24.3 Å². The second-order valence-corrected chi connectivity index (χ2v) is 6.31. The van der Waals surface area contributed by atoms with Crippen LogP contribution in [0.5, 0.6) is 0 Å². The molecule has 20 heavy (non-hydrogen) atoms. The van der Waals surface area contributed by atoms with Gasteiger partial charge in [-0.1, -0.05) is 37.5 Å². The number of nitrogens with two attached hydrogens (primary N) is 1. The second kappa shape index (κ2) is 5.86. The molecule has 2 aliphatic rings. The van der Waals surface area contributed by atoms with Gasteiger partial charge < -0.3 is 10.6 Å². The second-order valence-electron chi connectivity index (χ2n) is 6.31. The van der Waals surface area contributed by atoms with Crippen LogP contribution in [0, 0.1) is 11.8 Å². The number of hydrogen-bond acceptors (Lipinski definition) is 2. The Kier molecular flexibility index (Phi) is 3.95. The Labute approximate surface area is 121 Å². The molecule has 2 fully saturated rings. The molecule has 3 nitrogen and oxygen atoms in total. The maximum atomic E-state index is 12.5. The number of fused-ring (bicyclic) bond motifs is 1. The highest BCUT2D eigenvalue weighted by molar-refractivity contribution is 5.80. The molecule has 1 aromatic carbocycles. The maximum absolute atomic E-state index is 12.5. The zero-order chi connectivity index (χ0) is 13.9. The van der Waals surface area contributed by atoms with Gasteiger partial charge in [0.1, 0.15) is 0 Å². The smallest absolute Gasteiger partial charge is 0.227 e. The fourth-order valence-corrected chi connectivity index (χ4v) is 3.80. The van der Waals surface area contributed by atoms with Gasteiger partial charge in [0.25, 0.3) is 0 Å². The van der Waals surface area contributed by atoms with Gasteiger partial charge in [-0.05, 0) is 36.3 Å². The summed E-state index contributed by atoms with van der Waals surface area (Å²) in [6.45, 7) is 1.91. The topological polar surface area (TPSA) is 46.3 Å². The summed E-state index contributed by atoms with van der Waals surface area (Å²) in [5.74, 6) is 1.86. The summed E-state index contributed by atoms with van der Waals surface area (Å²) in [6, 6.07) is 7.69. The van der Waals surface area contributed by atoms with Crippen molar-refractivity contribution >= 4 is 11.6 Å². The zero-order valence-electron chi connectivity index (χ0n) is 12.1. The van der Waals surface area contributed by atoms with Crippen molar-refractivity contribution in [3.8, 4) is 0 Å². The number of carbonyl (C=O) groups is 1. The standard InChI is InChI=1S/C17H24N2O/c18-16-8-4-3-6-14(16)11-17(20)19-10-9-13-5-1-2-7-15(13)12-19/h3-4,6,8,13,15H,1-2,5,7,9-12,18H2. The monoisotopic (exact) mass is 272 g/mol. The Hall–Kier alpha value is -1.51. The van der Waals surface area contributed by atoms with Crippen LogP contribution in [0.3, 0.4) is 0 Å². The van der Waals surface area contributed by atoms with Crippen LogP contribution in [0.2, 0.25) is 0 Å². The first-order valence-electron chi connectivity index (χ1n) is 7.85. The Morgan fingerprint density at radius 1 is 1.15 bits per heavy atom. The van der Waals surface area contributed by atoms with Gasteiger partial charge >= 0.3 is 0 Å². The number of nitrogens with zero attached hydrogens (tertiary/aromatic N) is 1. The average molecular weight is 272 g/mol. The van der Waals surface area contributed by atoms with Crippen molar-refractivity contribution in [1.82, 2.24) is 4.90 Å². The third kappa shape index (κ3) is 2.82. The Bertz CT molecular complexity index is 486. The number of hydrogen-bond donors (Lipinski definition) is 1. The molecule has 2 N–H and O–H groups in total. The quantitative estimate of drug-likeness (QED) is 0.841. The highest BCUT2D eigenvalue weighted by Gasteiger charge is 2.32. The largest absolute Gasteiger partial charge is 0.398 e. The predicted octanol–water partition coefficient (Wildman–Crippen LogP) is 2.85. The summed E-state index contributed by atoms with van der Waals surface area (Å²) < 4.78 is 0. The van der Waals surface area contributed by atoms with Crippen LogP contribution in [0.25, 0.3) is 0 Å². The number of amides is 1. The van der Waals surface area contributed by atoms with E-state index < -0.39 is 0 Å². The number of para-hydroxylation sites is 1. The lowest BCUT2D eigenvalue weighted by atomic mass is 9.75. The molecule has 1 aliphatic heterocycles. The minimum absolute atomic E-state index is 0.243. The van der Waals surface area contributed by atoms with Crippen molar-refractivity contribution in [2.24, 2.45) is 11.8 Å². The van der Waals surface area contributed by atoms with Gasteiger partial charge in [-0.15, -0.1) is 0 Å². The molecule has 1 saturated carbocycles. The van der Waals surface area contributed by atoms with E-state index in [1.807, 2.05) is 24.3 Å². The lowest BCUT2D eigenvalue weighted by molar-refractivity contribution is -0.133. The molecule has 1 aliphatic carbocycles. The van der Waals surface area contributed by atoms with Gasteiger partial charge in [0, 0.05) is 18.8 Å². The van der Waals surface area contributed by atoms with Crippen molar-refractivity contribution in [2.75, 3.05) is 18.8 Å². The van der Waals surface area contributed by atoms with E-state index in [0.717, 1.165) is 36.2 Å². The summed E-state index contributed by atoms with van der Waals surface area (Å²) in [5, 5.41) is 0. The van der Waals surface area contributed by atoms with Crippen molar-refractivity contribution in [3.05, 3.63) is 29.8 Å². The van der Waals surface area contributed by atoms with Crippen molar-refractivity contribution in [1.29, 1.82) is 0 Å². The maximum Gasteiger partial charge on any atom is 0.227 e. The molecule has 1 aromatic rings. The Morgan fingerprint density at radius 2 is 1.90 bits per heavy atom. The first-order chi connectivity index (χ1) is 9.74. The summed E-state index contributed by atoms with van der Waals surface area (Å²) in [4.78, 5) is 14.5. The van der Waals surface area contributed by atoms with Gasteiger partial charge in [0.05, 0.1) is 6.42 Å². The lowest BCUT2D eigenvalue weighted by Crippen LogP contribution is -2.45. The Balaban J connectivity index is 1.62. The molecular weight excluding hydrogens is 248 g/mol. The molecular formula is C17H24N2O. The molecule has 0 bridgehead atoms. The number of likely N-dealkylation sites (tertiary alicyclic amines) is 1. The fraction of sp³-hybridized carbons (Fsp3) is 0.588. The summed E-state index contributed by atoms with van der Waals surface area (Å²) in [5.41, 5.74) is 7.63. The molecule has 2 unspecified atom stereocenters. The number of benzene rings is 1. The lowest BCUT2D eigenvalue weighted by Gasteiger charge is -2.41. The van der Waals surface area contributed by atoms with Gasteiger partial charge in [0.15, 0.2) is 0 Å². The molecule has 108 valence electrons. The summed E-state index contributed by atoms with van der Waals surface area (Å²) in [7, 11) is 0. The first-order valence-corrected chi connectivity index (χ1v) is 7.85. The molecule has 1 amide bonds. The van der Waals surface area contributed by atoms with E-state index in [-0.39, 0.29) is 5.91 Å². The van der Waals surface area contributed by atoms with E-state index in [1.165, 1.54) is 32.1 Å². The fourth-order valence-electron chi connectivity index (χ4n) is 3.80. The van der Waals surface area contributed by atoms with Crippen LogP contribution in [0.4, 0.5) is 5.69 Å².